The number of fused-ring (bicyclic) bond motifs is 1. The molecule has 2 aromatic heterocycles. The molecule has 0 N–H and O–H groups in total. The Labute approximate surface area is 128 Å². The van der Waals surface area contributed by atoms with E-state index in [0.29, 0.717) is 25.6 Å². The summed E-state index contributed by atoms with van der Waals surface area (Å²) >= 11 is 1.51. The Hall–Kier alpha value is -1.88. The van der Waals surface area contributed by atoms with Crippen molar-refractivity contribution < 1.29 is 9.53 Å². The van der Waals surface area contributed by atoms with Crippen molar-refractivity contribution in [2.24, 2.45) is 0 Å². The number of aryl methyl sites for hydroxylation is 1. The second-order valence-corrected chi connectivity index (χ2v) is 6.01. The molecule has 0 saturated carbocycles. The van der Waals surface area contributed by atoms with Crippen LogP contribution < -0.4 is 4.74 Å². The normalized spacial score (nSPS) is 13.9. The van der Waals surface area contributed by atoms with E-state index in [1.54, 1.807) is 0 Å². The monoisotopic (exact) mass is 302 g/mol. The second-order valence-electron chi connectivity index (χ2n) is 5.10. The molecule has 1 aliphatic rings. The molecule has 0 bridgehead atoms. The predicted molar refractivity (Wildman–Crippen MR) is 82.9 cm³/mol. The van der Waals surface area contributed by atoms with Crippen LogP contribution in [0.3, 0.4) is 0 Å². The number of thiophene rings is 1. The van der Waals surface area contributed by atoms with Crippen LogP contribution in [0.15, 0.2) is 23.6 Å². The summed E-state index contributed by atoms with van der Waals surface area (Å²) in [4.78, 5) is 19.8. The molecule has 110 valence electrons. The van der Waals surface area contributed by atoms with E-state index >= 15 is 0 Å². The number of nitrogens with zero attached hydrogens (tertiary/aromatic N) is 2. The number of aromatic nitrogens is 1. The van der Waals surface area contributed by atoms with Crippen molar-refractivity contribution in [3.63, 3.8) is 0 Å². The molecule has 0 saturated heterocycles. The largest absolute Gasteiger partial charge is 0.478 e. The minimum atomic E-state index is 0.127. The molecule has 1 amide bonds. The maximum atomic E-state index is 12.6. The maximum Gasteiger partial charge on any atom is 0.264 e. The fourth-order valence-electron chi connectivity index (χ4n) is 2.53. The molecule has 1 aliphatic heterocycles. The molecule has 3 heterocycles. The van der Waals surface area contributed by atoms with Gasteiger partial charge < -0.3 is 9.64 Å². The zero-order chi connectivity index (χ0) is 14.8. The third-order valence-electron chi connectivity index (χ3n) is 3.66. The number of pyridine rings is 1. The second kappa shape index (κ2) is 5.85. The number of amides is 1. The van der Waals surface area contributed by atoms with Gasteiger partial charge in [-0.15, -0.1) is 11.3 Å². The smallest absolute Gasteiger partial charge is 0.264 e. The average Bonchev–Trinajstić information content (AvgIpc) is 2.92. The molecule has 0 spiro atoms. The van der Waals surface area contributed by atoms with Crippen LogP contribution >= 0.6 is 11.3 Å². The van der Waals surface area contributed by atoms with Crippen molar-refractivity contribution in [1.82, 2.24) is 9.88 Å². The van der Waals surface area contributed by atoms with E-state index in [-0.39, 0.29) is 5.91 Å². The molecular weight excluding hydrogens is 284 g/mol. The summed E-state index contributed by atoms with van der Waals surface area (Å²) in [6.07, 6.45) is 0.784. The van der Waals surface area contributed by atoms with Gasteiger partial charge in [0, 0.05) is 25.6 Å². The first kappa shape index (κ1) is 14.1. The van der Waals surface area contributed by atoms with Crippen LogP contribution in [0, 0.1) is 6.92 Å². The van der Waals surface area contributed by atoms with Gasteiger partial charge in [-0.05, 0) is 36.4 Å². The lowest BCUT2D eigenvalue weighted by Crippen LogP contribution is -2.36. The number of rotatable bonds is 3. The van der Waals surface area contributed by atoms with E-state index in [9.17, 15) is 4.79 Å². The van der Waals surface area contributed by atoms with Gasteiger partial charge in [-0.1, -0.05) is 6.07 Å². The highest BCUT2D eigenvalue weighted by Gasteiger charge is 2.24. The average molecular weight is 302 g/mol. The lowest BCUT2D eigenvalue weighted by molar-refractivity contribution is 0.0737. The first-order valence-corrected chi connectivity index (χ1v) is 8.02. The van der Waals surface area contributed by atoms with Gasteiger partial charge in [-0.3, -0.25) is 4.79 Å². The number of hydrogen-bond acceptors (Lipinski definition) is 4. The summed E-state index contributed by atoms with van der Waals surface area (Å²) in [5.41, 5.74) is 3.22. The lowest BCUT2D eigenvalue weighted by atomic mass is 10.1. The van der Waals surface area contributed by atoms with E-state index in [2.05, 4.69) is 4.98 Å². The molecule has 2 aromatic rings. The van der Waals surface area contributed by atoms with E-state index < -0.39 is 0 Å². The fraction of sp³-hybridized carbons (Fsp3) is 0.375. The first-order valence-electron chi connectivity index (χ1n) is 7.14. The summed E-state index contributed by atoms with van der Waals surface area (Å²) < 4.78 is 5.43. The molecule has 0 unspecified atom stereocenters. The van der Waals surface area contributed by atoms with Gasteiger partial charge in [-0.25, -0.2) is 4.98 Å². The molecule has 3 rings (SSSR count). The van der Waals surface area contributed by atoms with Crippen molar-refractivity contribution in [3.05, 3.63) is 45.3 Å². The summed E-state index contributed by atoms with van der Waals surface area (Å²) in [6.45, 7) is 5.90. The SMILES string of the molecule is CCOc1ccc2c(n1)CCN(C(=O)c1sccc1C)C2. The Morgan fingerprint density at radius 2 is 2.29 bits per heavy atom. The van der Waals surface area contributed by atoms with Gasteiger partial charge in [0.15, 0.2) is 0 Å². The summed E-state index contributed by atoms with van der Waals surface area (Å²) in [5, 5.41) is 1.97. The Balaban J connectivity index is 1.78. The van der Waals surface area contributed by atoms with Crippen LogP contribution in [-0.2, 0) is 13.0 Å². The molecule has 0 aliphatic carbocycles. The zero-order valence-electron chi connectivity index (χ0n) is 12.3. The van der Waals surface area contributed by atoms with Gasteiger partial charge in [0.05, 0.1) is 17.2 Å². The number of hydrogen-bond donors (Lipinski definition) is 0. The minimum Gasteiger partial charge on any atom is -0.478 e. The van der Waals surface area contributed by atoms with E-state index in [4.69, 9.17) is 4.74 Å². The molecule has 0 fully saturated rings. The summed E-state index contributed by atoms with van der Waals surface area (Å²) in [6, 6.07) is 5.90. The molecule has 4 nitrogen and oxygen atoms in total. The Bertz CT molecular complexity index is 666. The van der Waals surface area contributed by atoms with Crippen LogP contribution in [0.1, 0.15) is 33.4 Å². The van der Waals surface area contributed by atoms with E-state index in [1.807, 2.05) is 42.3 Å². The third-order valence-corrected chi connectivity index (χ3v) is 4.66. The Morgan fingerprint density at radius 3 is 3.00 bits per heavy atom. The van der Waals surface area contributed by atoms with Crippen LogP contribution in [0.5, 0.6) is 5.88 Å². The van der Waals surface area contributed by atoms with Crippen LogP contribution in [-0.4, -0.2) is 28.9 Å². The standard InChI is InChI=1S/C16H18N2O2S/c1-3-20-14-5-4-12-10-18(8-6-13(12)17-14)16(19)15-11(2)7-9-21-15/h4-5,7,9H,3,6,8,10H2,1-2H3. The fourth-order valence-corrected chi connectivity index (χ4v) is 3.43. The first-order chi connectivity index (χ1) is 10.2. The minimum absolute atomic E-state index is 0.127. The Morgan fingerprint density at radius 1 is 1.43 bits per heavy atom. The third kappa shape index (κ3) is 2.78. The summed E-state index contributed by atoms with van der Waals surface area (Å²) in [7, 11) is 0. The van der Waals surface area contributed by atoms with E-state index in [1.165, 1.54) is 11.3 Å². The number of carbonyl (C=O) groups excluding carboxylic acids is 1. The van der Waals surface area contributed by atoms with Gasteiger partial charge in [-0.2, -0.15) is 0 Å². The van der Waals surface area contributed by atoms with Crippen LogP contribution in [0.2, 0.25) is 0 Å². The lowest BCUT2D eigenvalue weighted by Gasteiger charge is -2.28. The van der Waals surface area contributed by atoms with Gasteiger partial charge >= 0.3 is 0 Å². The molecule has 0 atom stereocenters. The van der Waals surface area contributed by atoms with Crippen LogP contribution in [0.4, 0.5) is 0 Å². The number of carbonyl (C=O) groups is 1. The van der Waals surface area contributed by atoms with Crippen molar-refractivity contribution in [3.8, 4) is 5.88 Å². The maximum absolute atomic E-state index is 12.6. The number of ether oxygens (including phenoxy) is 1. The zero-order valence-corrected chi connectivity index (χ0v) is 13.1. The highest BCUT2D eigenvalue weighted by Crippen LogP contribution is 2.24. The topological polar surface area (TPSA) is 42.4 Å². The van der Waals surface area contributed by atoms with Crippen molar-refractivity contribution in [2.75, 3.05) is 13.2 Å². The van der Waals surface area contributed by atoms with Crippen molar-refractivity contribution >= 4 is 17.2 Å². The molecule has 0 radical (unpaired) electrons. The van der Waals surface area contributed by atoms with Gasteiger partial charge in [0.2, 0.25) is 5.88 Å². The molecule has 21 heavy (non-hydrogen) atoms. The Kier molecular flexibility index (Phi) is 3.92. The van der Waals surface area contributed by atoms with Gasteiger partial charge in [0.1, 0.15) is 0 Å². The molecule has 5 heteroatoms. The highest BCUT2D eigenvalue weighted by atomic mass is 32.1. The summed E-state index contributed by atoms with van der Waals surface area (Å²) in [5.74, 6) is 0.798. The predicted octanol–water partition coefficient (Wildman–Crippen LogP) is 3.05. The van der Waals surface area contributed by atoms with Crippen molar-refractivity contribution in [1.29, 1.82) is 0 Å². The van der Waals surface area contributed by atoms with E-state index in [0.717, 1.165) is 28.1 Å². The highest BCUT2D eigenvalue weighted by molar-refractivity contribution is 7.12. The van der Waals surface area contributed by atoms with Crippen LogP contribution in [0.25, 0.3) is 0 Å². The molecule has 0 aromatic carbocycles. The van der Waals surface area contributed by atoms with Crippen molar-refractivity contribution in [2.45, 2.75) is 26.8 Å². The molecular formula is C16H18N2O2S. The van der Waals surface area contributed by atoms with Gasteiger partial charge in [0.25, 0.3) is 5.91 Å². The quantitative estimate of drug-likeness (QED) is 0.875.